The fourth-order valence-corrected chi connectivity index (χ4v) is 2.79. The van der Waals surface area contributed by atoms with E-state index in [4.69, 9.17) is 9.84 Å². The van der Waals surface area contributed by atoms with Gasteiger partial charge >= 0.3 is 5.97 Å². The molecule has 0 bridgehead atoms. The highest BCUT2D eigenvalue weighted by Gasteiger charge is 2.36. The molecule has 2 amide bonds. The number of hydrogen-bond acceptors (Lipinski definition) is 4. The smallest absolute Gasteiger partial charge is 0.308 e. The Morgan fingerprint density at radius 1 is 1.29 bits per heavy atom. The summed E-state index contributed by atoms with van der Waals surface area (Å²) in [7, 11) is 0. The standard InChI is InChI=1S/C17H22N2O5/c1-3-24-14-7-5-4-6-12(14)16(21)18-8-15(20)19-9-11(2)13(10-19)17(22)23/h4-7,11,13H,3,8-10H2,1-2H3,(H,18,21)(H,22,23)/t11-,13-/m1/s1. The van der Waals surface area contributed by atoms with Crippen LogP contribution >= 0.6 is 0 Å². The van der Waals surface area contributed by atoms with E-state index in [2.05, 4.69) is 5.32 Å². The van der Waals surface area contributed by atoms with Crippen LogP contribution in [0, 0.1) is 11.8 Å². The van der Waals surface area contributed by atoms with Crippen LogP contribution in [0.1, 0.15) is 24.2 Å². The van der Waals surface area contributed by atoms with E-state index < -0.39 is 17.8 Å². The fraction of sp³-hybridized carbons (Fsp3) is 0.471. The first-order valence-electron chi connectivity index (χ1n) is 7.94. The van der Waals surface area contributed by atoms with Crippen LogP contribution in [0.25, 0.3) is 0 Å². The Morgan fingerprint density at radius 3 is 2.62 bits per heavy atom. The number of carbonyl (C=O) groups is 3. The number of benzene rings is 1. The highest BCUT2D eigenvalue weighted by atomic mass is 16.5. The molecule has 2 rings (SSSR count). The van der Waals surface area contributed by atoms with E-state index in [0.717, 1.165) is 0 Å². The zero-order chi connectivity index (χ0) is 17.7. The Balaban J connectivity index is 1.93. The molecule has 7 nitrogen and oxygen atoms in total. The molecule has 130 valence electrons. The maximum Gasteiger partial charge on any atom is 0.308 e. The third-order valence-corrected chi connectivity index (χ3v) is 4.11. The number of rotatable bonds is 6. The molecular weight excluding hydrogens is 312 g/mol. The predicted octanol–water partition coefficient (Wildman–Crippen LogP) is 0.994. The van der Waals surface area contributed by atoms with Crippen LogP contribution in [0.15, 0.2) is 24.3 Å². The van der Waals surface area contributed by atoms with Crippen molar-refractivity contribution in [2.24, 2.45) is 11.8 Å². The Labute approximate surface area is 140 Å². The Hall–Kier alpha value is -2.57. The Morgan fingerprint density at radius 2 is 2.00 bits per heavy atom. The molecule has 24 heavy (non-hydrogen) atoms. The molecule has 1 aromatic carbocycles. The summed E-state index contributed by atoms with van der Waals surface area (Å²) in [5, 5.41) is 11.7. The normalized spacial score (nSPS) is 19.8. The summed E-state index contributed by atoms with van der Waals surface area (Å²) in [6, 6.07) is 6.81. The van der Waals surface area contributed by atoms with Crippen LogP contribution in [-0.4, -0.2) is 54.0 Å². The molecule has 0 saturated carbocycles. The molecule has 1 saturated heterocycles. The van der Waals surface area contributed by atoms with Gasteiger partial charge in [-0.25, -0.2) is 0 Å². The first-order valence-corrected chi connectivity index (χ1v) is 7.94. The molecule has 0 aliphatic carbocycles. The molecule has 1 fully saturated rings. The van der Waals surface area contributed by atoms with Crippen molar-refractivity contribution in [2.45, 2.75) is 13.8 Å². The lowest BCUT2D eigenvalue weighted by molar-refractivity contribution is -0.142. The lowest BCUT2D eigenvalue weighted by Crippen LogP contribution is -2.39. The lowest BCUT2D eigenvalue weighted by Gasteiger charge is -2.16. The predicted molar refractivity (Wildman–Crippen MR) is 86.8 cm³/mol. The molecule has 2 N–H and O–H groups in total. The van der Waals surface area contributed by atoms with Crippen molar-refractivity contribution in [3.05, 3.63) is 29.8 Å². The van der Waals surface area contributed by atoms with Crippen molar-refractivity contribution in [2.75, 3.05) is 26.2 Å². The van der Waals surface area contributed by atoms with Crippen molar-refractivity contribution in [1.29, 1.82) is 0 Å². The average molecular weight is 334 g/mol. The van der Waals surface area contributed by atoms with Gasteiger partial charge in [-0.15, -0.1) is 0 Å². The summed E-state index contributed by atoms with van der Waals surface area (Å²) in [5.41, 5.74) is 0.366. The average Bonchev–Trinajstić information content (AvgIpc) is 2.95. The molecule has 0 spiro atoms. The quantitative estimate of drug-likeness (QED) is 0.809. The van der Waals surface area contributed by atoms with Gasteiger partial charge in [-0.2, -0.15) is 0 Å². The number of ether oxygens (including phenoxy) is 1. The van der Waals surface area contributed by atoms with E-state index in [0.29, 0.717) is 24.5 Å². The van der Waals surface area contributed by atoms with Gasteiger partial charge in [-0.3, -0.25) is 14.4 Å². The van der Waals surface area contributed by atoms with E-state index in [9.17, 15) is 14.4 Å². The molecule has 1 heterocycles. The summed E-state index contributed by atoms with van der Waals surface area (Å²) < 4.78 is 5.40. The fourth-order valence-electron chi connectivity index (χ4n) is 2.79. The lowest BCUT2D eigenvalue weighted by atomic mass is 9.99. The summed E-state index contributed by atoms with van der Waals surface area (Å²) in [5.74, 6) is -1.76. The van der Waals surface area contributed by atoms with Gasteiger partial charge in [-0.05, 0) is 25.0 Å². The van der Waals surface area contributed by atoms with Gasteiger partial charge in [0, 0.05) is 13.1 Å². The molecule has 2 atom stereocenters. The molecule has 0 aromatic heterocycles. The van der Waals surface area contributed by atoms with Gasteiger partial charge < -0.3 is 20.1 Å². The maximum absolute atomic E-state index is 12.2. The number of nitrogens with one attached hydrogen (secondary N) is 1. The molecule has 1 aliphatic rings. The number of carbonyl (C=O) groups excluding carboxylic acids is 2. The van der Waals surface area contributed by atoms with Crippen LogP contribution in [0.5, 0.6) is 5.75 Å². The van der Waals surface area contributed by atoms with Crippen molar-refractivity contribution >= 4 is 17.8 Å². The van der Waals surface area contributed by atoms with Gasteiger partial charge in [0.2, 0.25) is 5.91 Å². The van der Waals surface area contributed by atoms with Crippen LogP contribution in [0.2, 0.25) is 0 Å². The number of aliphatic carboxylic acids is 1. The van der Waals surface area contributed by atoms with E-state index in [1.54, 1.807) is 24.3 Å². The number of carboxylic acids is 1. The van der Waals surface area contributed by atoms with Crippen LogP contribution in [0.4, 0.5) is 0 Å². The second kappa shape index (κ2) is 7.81. The molecule has 1 aromatic rings. The number of likely N-dealkylation sites (tertiary alicyclic amines) is 1. The molecule has 7 heteroatoms. The van der Waals surface area contributed by atoms with E-state index in [1.165, 1.54) is 4.90 Å². The van der Waals surface area contributed by atoms with E-state index in [-0.39, 0.29) is 24.9 Å². The molecule has 0 unspecified atom stereocenters. The largest absolute Gasteiger partial charge is 0.493 e. The summed E-state index contributed by atoms with van der Waals surface area (Å²) in [6.45, 7) is 4.47. The third-order valence-electron chi connectivity index (χ3n) is 4.11. The first-order chi connectivity index (χ1) is 11.4. The van der Waals surface area contributed by atoms with Crippen molar-refractivity contribution < 1.29 is 24.2 Å². The second-order valence-electron chi connectivity index (χ2n) is 5.83. The zero-order valence-corrected chi connectivity index (χ0v) is 13.8. The highest BCUT2D eigenvalue weighted by Crippen LogP contribution is 2.23. The zero-order valence-electron chi connectivity index (χ0n) is 13.8. The number of amides is 2. The second-order valence-corrected chi connectivity index (χ2v) is 5.83. The maximum atomic E-state index is 12.2. The van der Waals surface area contributed by atoms with Crippen molar-refractivity contribution in [3.8, 4) is 5.75 Å². The summed E-state index contributed by atoms with van der Waals surface area (Å²) >= 11 is 0. The topological polar surface area (TPSA) is 95.9 Å². The van der Waals surface area contributed by atoms with E-state index in [1.807, 2.05) is 13.8 Å². The Bertz CT molecular complexity index is 631. The van der Waals surface area contributed by atoms with Crippen molar-refractivity contribution in [1.82, 2.24) is 10.2 Å². The minimum absolute atomic E-state index is 0.0965. The van der Waals surface area contributed by atoms with Crippen LogP contribution < -0.4 is 10.1 Å². The minimum atomic E-state index is -0.896. The molecule has 1 aliphatic heterocycles. The SMILES string of the molecule is CCOc1ccccc1C(=O)NCC(=O)N1C[C@@H](C)[C@H](C(=O)O)C1. The number of nitrogens with zero attached hydrogens (tertiary/aromatic N) is 1. The molecule has 0 radical (unpaired) electrons. The van der Waals surface area contributed by atoms with E-state index >= 15 is 0 Å². The monoisotopic (exact) mass is 334 g/mol. The third kappa shape index (κ3) is 4.04. The van der Waals surface area contributed by atoms with Crippen LogP contribution in [0.3, 0.4) is 0 Å². The molecular formula is C17H22N2O5. The number of hydrogen-bond donors (Lipinski definition) is 2. The first kappa shape index (κ1) is 17.8. The summed E-state index contributed by atoms with van der Waals surface area (Å²) in [6.07, 6.45) is 0. The minimum Gasteiger partial charge on any atom is -0.493 e. The summed E-state index contributed by atoms with van der Waals surface area (Å²) in [4.78, 5) is 37.0. The number of carboxylic acid groups (broad SMARTS) is 1. The van der Waals surface area contributed by atoms with Gasteiger partial charge in [0.25, 0.3) is 5.91 Å². The van der Waals surface area contributed by atoms with Gasteiger partial charge in [0.15, 0.2) is 0 Å². The van der Waals surface area contributed by atoms with Gasteiger partial charge in [0.05, 0.1) is 24.6 Å². The van der Waals surface area contributed by atoms with Gasteiger partial charge in [-0.1, -0.05) is 19.1 Å². The van der Waals surface area contributed by atoms with Crippen molar-refractivity contribution in [3.63, 3.8) is 0 Å². The van der Waals surface area contributed by atoms with Crippen LogP contribution in [-0.2, 0) is 9.59 Å². The number of para-hydroxylation sites is 1. The van der Waals surface area contributed by atoms with Gasteiger partial charge in [0.1, 0.15) is 5.75 Å². The Kier molecular flexibility index (Phi) is 5.78. The highest BCUT2D eigenvalue weighted by molar-refractivity contribution is 5.98.